The van der Waals surface area contributed by atoms with Gasteiger partial charge in [-0.3, -0.25) is 24.6 Å². The Balaban J connectivity index is 1.82. The van der Waals surface area contributed by atoms with Gasteiger partial charge in [-0.2, -0.15) is 0 Å². The van der Waals surface area contributed by atoms with Crippen molar-refractivity contribution >= 4 is 28.2 Å². The van der Waals surface area contributed by atoms with Gasteiger partial charge < -0.3 is 10.2 Å². The van der Waals surface area contributed by atoms with Crippen LogP contribution in [0.25, 0.3) is 0 Å². The lowest BCUT2D eigenvalue weighted by Gasteiger charge is -2.34. The number of carbonyl (C=O) groups is 2. The third-order valence-corrected chi connectivity index (χ3v) is 5.05. The number of nitrogens with one attached hydrogen (secondary N) is 1. The Hall–Kier alpha value is -2.00. The number of amides is 2. The Morgan fingerprint density at radius 2 is 2.00 bits per heavy atom. The standard InChI is InChI=1S/C15H22N4O4S/c1-3-11(2)16-13(20)10-17-6-8-18(9-7-17)15(21)12-4-5-14(24-12)19(22)23/h4-5,11H,3,6-10H2,1-2H3,(H,16,20). The molecule has 0 aromatic carbocycles. The first-order valence-corrected chi connectivity index (χ1v) is 8.77. The Morgan fingerprint density at radius 1 is 1.33 bits per heavy atom. The molecule has 2 heterocycles. The molecule has 1 aromatic rings. The highest BCUT2D eigenvalue weighted by atomic mass is 32.1. The van der Waals surface area contributed by atoms with E-state index in [1.54, 1.807) is 4.90 Å². The van der Waals surface area contributed by atoms with E-state index in [-0.39, 0.29) is 22.9 Å². The molecule has 1 aliphatic rings. The summed E-state index contributed by atoms with van der Waals surface area (Å²) in [6.45, 7) is 6.58. The molecule has 1 unspecified atom stereocenters. The summed E-state index contributed by atoms with van der Waals surface area (Å²) in [5, 5.41) is 13.6. The minimum atomic E-state index is -0.491. The molecular weight excluding hydrogens is 332 g/mol. The van der Waals surface area contributed by atoms with Crippen molar-refractivity contribution < 1.29 is 14.5 Å². The lowest BCUT2D eigenvalue weighted by molar-refractivity contribution is -0.380. The highest BCUT2D eigenvalue weighted by molar-refractivity contribution is 7.17. The molecule has 132 valence electrons. The maximum atomic E-state index is 12.4. The fourth-order valence-corrected chi connectivity index (χ4v) is 3.22. The molecule has 0 spiro atoms. The van der Waals surface area contributed by atoms with Crippen LogP contribution in [0, 0.1) is 10.1 Å². The molecule has 0 bridgehead atoms. The highest BCUT2D eigenvalue weighted by Gasteiger charge is 2.25. The second-order valence-corrected chi connectivity index (χ2v) is 6.90. The van der Waals surface area contributed by atoms with Gasteiger partial charge in [0, 0.05) is 38.3 Å². The minimum Gasteiger partial charge on any atom is -0.353 e. The number of nitrogens with zero attached hydrogens (tertiary/aromatic N) is 3. The second kappa shape index (κ2) is 8.20. The maximum Gasteiger partial charge on any atom is 0.324 e. The van der Waals surface area contributed by atoms with Crippen molar-refractivity contribution in [2.45, 2.75) is 26.3 Å². The van der Waals surface area contributed by atoms with Gasteiger partial charge in [-0.1, -0.05) is 18.3 Å². The van der Waals surface area contributed by atoms with E-state index in [2.05, 4.69) is 5.32 Å². The third kappa shape index (κ3) is 4.75. The maximum absolute atomic E-state index is 12.4. The fraction of sp³-hybridized carbons (Fsp3) is 0.600. The largest absolute Gasteiger partial charge is 0.353 e. The molecule has 1 atom stereocenters. The first-order valence-electron chi connectivity index (χ1n) is 7.96. The predicted octanol–water partition coefficient (Wildman–Crippen LogP) is 1.33. The zero-order chi connectivity index (χ0) is 17.7. The molecule has 2 rings (SSSR count). The van der Waals surface area contributed by atoms with Crippen LogP contribution >= 0.6 is 11.3 Å². The summed E-state index contributed by atoms with van der Waals surface area (Å²) in [7, 11) is 0. The molecule has 8 nitrogen and oxygen atoms in total. The predicted molar refractivity (Wildman–Crippen MR) is 91.2 cm³/mol. The van der Waals surface area contributed by atoms with E-state index in [0.717, 1.165) is 17.8 Å². The van der Waals surface area contributed by atoms with Gasteiger partial charge in [0.05, 0.1) is 16.3 Å². The lowest BCUT2D eigenvalue weighted by Crippen LogP contribution is -2.51. The van der Waals surface area contributed by atoms with Crippen molar-refractivity contribution in [2.75, 3.05) is 32.7 Å². The van der Waals surface area contributed by atoms with Crippen molar-refractivity contribution in [3.05, 3.63) is 27.1 Å². The number of nitro groups is 1. The molecule has 1 fully saturated rings. The molecule has 1 N–H and O–H groups in total. The molecule has 0 saturated carbocycles. The summed E-state index contributed by atoms with van der Waals surface area (Å²) in [6, 6.07) is 3.01. The molecule has 1 saturated heterocycles. The minimum absolute atomic E-state index is 0.00184. The van der Waals surface area contributed by atoms with Crippen LogP contribution in [0.1, 0.15) is 29.9 Å². The Labute approximate surface area is 144 Å². The first-order chi connectivity index (χ1) is 11.4. The summed E-state index contributed by atoms with van der Waals surface area (Å²) in [6.07, 6.45) is 0.890. The van der Waals surface area contributed by atoms with Crippen molar-refractivity contribution in [3.63, 3.8) is 0 Å². The monoisotopic (exact) mass is 354 g/mol. The zero-order valence-electron chi connectivity index (χ0n) is 13.9. The smallest absolute Gasteiger partial charge is 0.324 e. The number of piperazine rings is 1. The summed E-state index contributed by atoms with van der Waals surface area (Å²) < 4.78 is 0. The van der Waals surface area contributed by atoms with Gasteiger partial charge in [-0.25, -0.2) is 0 Å². The van der Waals surface area contributed by atoms with Crippen LogP contribution in [-0.2, 0) is 4.79 Å². The van der Waals surface area contributed by atoms with Crippen molar-refractivity contribution in [2.24, 2.45) is 0 Å². The topological polar surface area (TPSA) is 95.8 Å². The van der Waals surface area contributed by atoms with E-state index < -0.39 is 4.92 Å². The lowest BCUT2D eigenvalue weighted by atomic mass is 10.2. The summed E-state index contributed by atoms with van der Waals surface area (Å²) in [5.41, 5.74) is 0. The Bertz CT molecular complexity index is 610. The van der Waals surface area contributed by atoms with Crippen LogP contribution in [0.2, 0.25) is 0 Å². The van der Waals surface area contributed by atoms with E-state index in [0.29, 0.717) is 37.6 Å². The van der Waals surface area contributed by atoms with Crippen LogP contribution in [-0.4, -0.2) is 65.3 Å². The summed E-state index contributed by atoms with van der Waals surface area (Å²) in [4.78, 5) is 38.5. The number of hydrogen-bond donors (Lipinski definition) is 1. The first kappa shape index (κ1) is 18.3. The molecule has 2 amide bonds. The Morgan fingerprint density at radius 3 is 2.54 bits per heavy atom. The number of hydrogen-bond acceptors (Lipinski definition) is 6. The average Bonchev–Trinajstić information content (AvgIpc) is 3.05. The summed E-state index contributed by atoms with van der Waals surface area (Å²) in [5.74, 6) is -0.185. The highest BCUT2D eigenvalue weighted by Crippen LogP contribution is 2.25. The van der Waals surface area contributed by atoms with Crippen molar-refractivity contribution in [1.82, 2.24) is 15.1 Å². The third-order valence-electron chi connectivity index (χ3n) is 4.03. The molecule has 9 heteroatoms. The fourth-order valence-electron chi connectivity index (χ4n) is 2.43. The molecule has 1 aliphatic heterocycles. The van der Waals surface area contributed by atoms with Crippen LogP contribution in [0.15, 0.2) is 12.1 Å². The van der Waals surface area contributed by atoms with Gasteiger partial charge >= 0.3 is 5.00 Å². The normalized spacial score (nSPS) is 16.7. The van der Waals surface area contributed by atoms with E-state index in [4.69, 9.17) is 0 Å². The zero-order valence-corrected chi connectivity index (χ0v) is 14.7. The van der Waals surface area contributed by atoms with Gasteiger partial charge in [0.2, 0.25) is 5.91 Å². The second-order valence-electron chi connectivity index (χ2n) is 5.84. The number of thiophene rings is 1. The van der Waals surface area contributed by atoms with Crippen LogP contribution in [0.3, 0.4) is 0 Å². The summed E-state index contributed by atoms with van der Waals surface area (Å²) >= 11 is 0.895. The van der Waals surface area contributed by atoms with Gasteiger partial charge in [0.1, 0.15) is 0 Å². The van der Waals surface area contributed by atoms with Crippen LogP contribution in [0.4, 0.5) is 5.00 Å². The molecule has 1 aromatic heterocycles. The quantitative estimate of drug-likeness (QED) is 0.614. The van der Waals surface area contributed by atoms with Crippen LogP contribution < -0.4 is 5.32 Å². The number of carbonyl (C=O) groups excluding carboxylic acids is 2. The van der Waals surface area contributed by atoms with Crippen molar-refractivity contribution in [1.29, 1.82) is 0 Å². The SMILES string of the molecule is CCC(C)NC(=O)CN1CCN(C(=O)c2ccc([N+](=O)[O-])s2)CC1. The van der Waals surface area contributed by atoms with Gasteiger partial charge in [-0.05, 0) is 19.4 Å². The molecule has 0 aliphatic carbocycles. The molecule has 24 heavy (non-hydrogen) atoms. The molecular formula is C15H22N4O4S. The number of rotatable bonds is 6. The van der Waals surface area contributed by atoms with E-state index >= 15 is 0 Å². The van der Waals surface area contributed by atoms with E-state index in [1.165, 1.54) is 12.1 Å². The van der Waals surface area contributed by atoms with Gasteiger partial charge in [0.15, 0.2) is 0 Å². The average molecular weight is 354 g/mol. The molecule has 0 radical (unpaired) electrons. The van der Waals surface area contributed by atoms with Gasteiger partial charge in [-0.15, -0.1) is 0 Å². The van der Waals surface area contributed by atoms with Gasteiger partial charge in [0.25, 0.3) is 5.91 Å². The van der Waals surface area contributed by atoms with E-state index in [1.807, 2.05) is 18.7 Å². The van der Waals surface area contributed by atoms with Crippen molar-refractivity contribution in [3.8, 4) is 0 Å². The van der Waals surface area contributed by atoms with E-state index in [9.17, 15) is 19.7 Å². The Kier molecular flexibility index (Phi) is 6.27. The van der Waals surface area contributed by atoms with Crippen LogP contribution in [0.5, 0.6) is 0 Å².